The van der Waals surface area contributed by atoms with Crippen LogP contribution in [0.2, 0.25) is 5.02 Å². The van der Waals surface area contributed by atoms with Crippen LogP contribution >= 0.6 is 11.6 Å². The first kappa shape index (κ1) is 19.4. The van der Waals surface area contributed by atoms with Crippen LogP contribution in [0.1, 0.15) is 29.3 Å². The van der Waals surface area contributed by atoms with E-state index in [9.17, 15) is 9.59 Å². The van der Waals surface area contributed by atoms with E-state index in [2.05, 4.69) is 10.3 Å². The normalized spacial score (nSPS) is 11.7. The molecule has 0 aliphatic carbocycles. The largest absolute Gasteiger partial charge is 0.355 e. The van der Waals surface area contributed by atoms with Gasteiger partial charge < -0.3 is 5.32 Å². The maximum absolute atomic E-state index is 12.8. The van der Waals surface area contributed by atoms with Gasteiger partial charge in [-0.3, -0.25) is 14.6 Å². The van der Waals surface area contributed by atoms with E-state index < -0.39 is 17.6 Å². The molecule has 0 spiro atoms. The Morgan fingerprint density at radius 2 is 1.92 bits per heavy atom. The molecule has 5 nitrogen and oxygen atoms in total. The fraction of sp³-hybridized carbons (Fsp3) is 0.200. The molecule has 0 heterocycles. The van der Waals surface area contributed by atoms with E-state index in [1.165, 1.54) is 6.21 Å². The quantitative estimate of drug-likeness (QED) is 0.457. The predicted molar refractivity (Wildman–Crippen MR) is 102 cm³/mol. The Kier molecular flexibility index (Phi) is 7.07. The summed E-state index contributed by atoms with van der Waals surface area (Å²) in [6.07, 6.45) is 2.07. The van der Waals surface area contributed by atoms with Crippen LogP contribution in [0.3, 0.4) is 0 Å². The van der Waals surface area contributed by atoms with Crippen molar-refractivity contribution in [2.75, 3.05) is 6.54 Å². The number of benzene rings is 2. The number of rotatable bonds is 7. The summed E-state index contributed by atoms with van der Waals surface area (Å²) in [4.78, 5) is 29.5. The van der Waals surface area contributed by atoms with E-state index in [1.807, 2.05) is 13.0 Å². The number of aliphatic imine (C=N–C) groups is 1. The standard InChI is InChI=1S/C20H18ClN3O2/c1-2-11-23-20(26)17(19(25)16-5-3-4-6-18(16)21)13-24-15-9-7-14(12-22)8-10-15/h3-10,13,17H,2,11H2,1H3,(H,23,26). The second-order valence-corrected chi connectivity index (χ2v) is 5.96. The van der Waals surface area contributed by atoms with Gasteiger partial charge in [0.1, 0.15) is 5.92 Å². The minimum atomic E-state index is -1.09. The zero-order valence-corrected chi connectivity index (χ0v) is 15.0. The Morgan fingerprint density at radius 3 is 2.54 bits per heavy atom. The summed E-state index contributed by atoms with van der Waals surface area (Å²) in [6.45, 7) is 2.39. The third-order valence-corrected chi connectivity index (χ3v) is 3.95. The van der Waals surface area contributed by atoms with Gasteiger partial charge >= 0.3 is 0 Å². The lowest BCUT2D eigenvalue weighted by Crippen LogP contribution is -2.37. The average molecular weight is 368 g/mol. The Hall–Kier alpha value is -2.97. The maximum Gasteiger partial charge on any atom is 0.236 e. The Labute approximate surface area is 157 Å². The van der Waals surface area contributed by atoms with E-state index in [-0.39, 0.29) is 10.6 Å². The molecule has 2 aromatic carbocycles. The monoisotopic (exact) mass is 367 g/mol. The molecule has 0 aliphatic rings. The number of nitrogens with zero attached hydrogens (tertiary/aromatic N) is 2. The van der Waals surface area contributed by atoms with Crippen LogP contribution in [0.15, 0.2) is 53.5 Å². The topological polar surface area (TPSA) is 82.3 Å². The summed E-state index contributed by atoms with van der Waals surface area (Å²) in [5.41, 5.74) is 1.33. The smallest absolute Gasteiger partial charge is 0.236 e. The van der Waals surface area contributed by atoms with Crippen molar-refractivity contribution in [3.8, 4) is 6.07 Å². The molecule has 6 heteroatoms. The second-order valence-electron chi connectivity index (χ2n) is 5.55. The third kappa shape index (κ3) is 5.01. The Bertz CT molecular complexity index is 854. The van der Waals surface area contributed by atoms with Crippen molar-refractivity contribution in [1.82, 2.24) is 5.32 Å². The summed E-state index contributed by atoms with van der Waals surface area (Å²) < 4.78 is 0. The average Bonchev–Trinajstić information content (AvgIpc) is 2.67. The highest BCUT2D eigenvalue weighted by molar-refractivity contribution is 6.35. The maximum atomic E-state index is 12.8. The fourth-order valence-electron chi connectivity index (χ4n) is 2.22. The number of hydrogen-bond donors (Lipinski definition) is 1. The van der Waals surface area contributed by atoms with Crippen LogP contribution in [-0.2, 0) is 4.79 Å². The van der Waals surface area contributed by atoms with Crippen molar-refractivity contribution in [1.29, 1.82) is 5.26 Å². The minimum Gasteiger partial charge on any atom is -0.355 e. The number of hydrogen-bond acceptors (Lipinski definition) is 4. The Balaban J connectivity index is 2.29. The number of Topliss-reactive ketones (excluding diaryl/α,β-unsaturated/α-hetero) is 1. The molecular weight excluding hydrogens is 350 g/mol. The second kappa shape index (κ2) is 9.50. The highest BCUT2D eigenvalue weighted by Gasteiger charge is 2.27. The molecule has 1 amide bonds. The zero-order chi connectivity index (χ0) is 18.9. The van der Waals surface area contributed by atoms with Crippen LogP contribution in [0, 0.1) is 17.2 Å². The Morgan fingerprint density at radius 1 is 1.23 bits per heavy atom. The molecule has 0 fully saturated rings. The van der Waals surface area contributed by atoms with Crippen molar-refractivity contribution in [2.45, 2.75) is 13.3 Å². The van der Waals surface area contributed by atoms with E-state index in [4.69, 9.17) is 16.9 Å². The van der Waals surface area contributed by atoms with Gasteiger partial charge in [0.2, 0.25) is 5.91 Å². The summed E-state index contributed by atoms with van der Waals surface area (Å²) >= 11 is 6.10. The first-order valence-electron chi connectivity index (χ1n) is 8.17. The number of nitriles is 1. The highest BCUT2D eigenvalue weighted by Crippen LogP contribution is 2.20. The van der Waals surface area contributed by atoms with Gasteiger partial charge in [-0.25, -0.2) is 0 Å². The number of carbonyl (C=O) groups excluding carboxylic acids is 2. The van der Waals surface area contributed by atoms with Gasteiger partial charge in [0.15, 0.2) is 5.78 Å². The molecule has 132 valence electrons. The first-order valence-corrected chi connectivity index (χ1v) is 8.55. The van der Waals surface area contributed by atoms with Gasteiger partial charge in [0.05, 0.1) is 22.3 Å². The van der Waals surface area contributed by atoms with Gasteiger partial charge in [-0.15, -0.1) is 0 Å². The van der Waals surface area contributed by atoms with Crippen molar-refractivity contribution in [3.63, 3.8) is 0 Å². The molecule has 0 aliphatic heterocycles. The molecule has 0 bridgehead atoms. The summed E-state index contributed by atoms with van der Waals surface area (Å²) in [7, 11) is 0. The molecule has 0 saturated heterocycles. The lowest BCUT2D eigenvalue weighted by molar-refractivity contribution is -0.121. The summed E-state index contributed by atoms with van der Waals surface area (Å²) in [5.74, 6) is -1.92. The molecule has 26 heavy (non-hydrogen) atoms. The van der Waals surface area contributed by atoms with E-state index in [1.54, 1.807) is 48.5 Å². The van der Waals surface area contributed by atoms with Crippen LogP contribution in [0.4, 0.5) is 5.69 Å². The number of ketones is 1. The van der Waals surface area contributed by atoms with Crippen molar-refractivity contribution in [2.24, 2.45) is 10.9 Å². The van der Waals surface area contributed by atoms with Gasteiger partial charge in [-0.1, -0.05) is 30.7 Å². The van der Waals surface area contributed by atoms with Gasteiger partial charge in [0.25, 0.3) is 0 Å². The number of carbonyl (C=O) groups is 2. The lowest BCUT2D eigenvalue weighted by atomic mass is 9.97. The molecule has 2 aromatic rings. The predicted octanol–water partition coefficient (Wildman–Crippen LogP) is 3.94. The first-order chi connectivity index (χ1) is 12.6. The van der Waals surface area contributed by atoms with Crippen molar-refractivity contribution >= 4 is 35.2 Å². The van der Waals surface area contributed by atoms with Crippen LogP contribution in [0.25, 0.3) is 0 Å². The summed E-state index contributed by atoms with van der Waals surface area (Å²) in [5, 5.41) is 11.8. The number of nitrogens with one attached hydrogen (secondary N) is 1. The van der Waals surface area contributed by atoms with Crippen LogP contribution < -0.4 is 5.32 Å². The van der Waals surface area contributed by atoms with Crippen LogP contribution in [-0.4, -0.2) is 24.4 Å². The number of halogens is 1. The third-order valence-electron chi connectivity index (χ3n) is 3.62. The van der Waals surface area contributed by atoms with Gasteiger partial charge in [0, 0.05) is 18.3 Å². The molecule has 1 N–H and O–H groups in total. The highest BCUT2D eigenvalue weighted by atomic mass is 35.5. The summed E-state index contributed by atoms with van der Waals surface area (Å²) in [6, 6.07) is 15.2. The molecular formula is C20H18ClN3O2. The van der Waals surface area contributed by atoms with Crippen LogP contribution in [0.5, 0.6) is 0 Å². The zero-order valence-electron chi connectivity index (χ0n) is 14.3. The molecule has 2 rings (SSSR count). The van der Waals surface area contributed by atoms with E-state index >= 15 is 0 Å². The SMILES string of the molecule is CCCNC(=O)C(C=Nc1ccc(C#N)cc1)C(=O)c1ccccc1Cl. The van der Waals surface area contributed by atoms with Gasteiger partial charge in [-0.2, -0.15) is 5.26 Å². The molecule has 0 saturated carbocycles. The van der Waals surface area contributed by atoms with Crippen molar-refractivity contribution < 1.29 is 9.59 Å². The molecule has 0 aromatic heterocycles. The number of amides is 1. The van der Waals surface area contributed by atoms with E-state index in [0.29, 0.717) is 17.8 Å². The molecule has 1 unspecified atom stereocenters. The lowest BCUT2D eigenvalue weighted by Gasteiger charge is -2.12. The van der Waals surface area contributed by atoms with E-state index in [0.717, 1.165) is 6.42 Å². The van der Waals surface area contributed by atoms with Gasteiger partial charge in [-0.05, 0) is 42.8 Å². The molecule has 1 atom stereocenters. The minimum absolute atomic E-state index is 0.275. The molecule has 0 radical (unpaired) electrons. The fourth-order valence-corrected chi connectivity index (χ4v) is 2.45. The van der Waals surface area contributed by atoms with Crippen molar-refractivity contribution in [3.05, 3.63) is 64.7 Å².